The Balaban J connectivity index is 1.60. The van der Waals surface area contributed by atoms with Crippen LogP contribution < -0.4 is 21.1 Å². The van der Waals surface area contributed by atoms with E-state index in [1.54, 1.807) is 48.5 Å². The van der Waals surface area contributed by atoms with Gasteiger partial charge in [0.1, 0.15) is 6.10 Å². The van der Waals surface area contributed by atoms with E-state index in [4.69, 9.17) is 15.2 Å². The van der Waals surface area contributed by atoms with Gasteiger partial charge in [-0.1, -0.05) is 74.5 Å². The summed E-state index contributed by atoms with van der Waals surface area (Å²) in [5.74, 6) is -0.210. The van der Waals surface area contributed by atoms with Crippen LogP contribution in [0.3, 0.4) is 0 Å². The number of phenolic OH excluding ortho intramolecular Hbond substituents is 1. The Morgan fingerprint density at radius 2 is 1.62 bits per heavy atom. The summed E-state index contributed by atoms with van der Waals surface area (Å²) in [6.45, 7) is 3.65. The second kappa shape index (κ2) is 11.6. The van der Waals surface area contributed by atoms with Crippen LogP contribution in [-0.2, 0) is 9.53 Å². The molecule has 0 spiro atoms. The minimum Gasteiger partial charge on any atom is -0.504 e. The SMILES string of the molecule is COc1ccc([C@H](OC(=O)Nc2cccc3ccccc23)C(C)(C)/C=C/C(=O)Nc2ccccc2N)cc1O. The lowest BCUT2D eigenvalue weighted by Gasteiger charge is -2.32. The van der Waals surface area contributed by atoms with E-state index < -0.39 is 23.5 Å². The average molecular weight is 526 g/mol. The first-order valence-corrected chi connectivity index (χ1v) is 12.3. The fraction of sp³-hybridized carbons (Fsp3) is 0.161. The van der Waals surface area contributed by atoms with Gasteiger partial charge in [-0.2, -0.15) is 0 Å². The highest BCUT2D eigenvalue weighted by Crippen LogP contribution is 2.41. The minimum absolute atomic E-state index is 0.102. The number of phenols is 1. The van der Waals surface area contributed by atoms with Crippen LogP contribution in [0.25, 0.3) is 10.8 Å². The lowest BCUT2D eigenvalue weighted by molar-refractivity contribution is -0.112. The smallest absolute Gasteiger partial charge is 0.412 e. The summed E-state index contributed by atoms with van der Waals surface area (Å²) >= 11 is 0. The molecule has 0 aliphatic heterocycles. The number of anilines is 3. The maximum absolute atomic E-state index is 13.2. The van der Waals surface area contributed by atoms with E-state index in [0.717, 1.165) is 10.8 Å². The van der Waals surface area contributed by atoms with E-state index in [0.29, 0.717) is 22.6 Å². The van der Waals surface area contributed by atoms with Crippen LogP contribution in [-0.4, -0.2) is 24.2 Å². The summed E-state index contributed by atoms with van der Waals surface area (Å²) < 4.78 is 11.1. The number of fused-ring (bicyclic) bond motifs is 1. The predicted molar refractivity (Wildman–Crippen MR) is 154 cm³/mol. The number of methoxy groups -OCH3 is 1. The van der Waals surface area contributed by atoms with Crippen LogP contribution in [0.15, 0.2) is 97.1 Å². The zero-order valence-electron chi connectivity index (χ0n) is 22.0. The van der Waals surface area contributed by atoms with Crippen LogP contribution in [0.4, 0.5) is 21.9 Å². The second-order valence-corrected chi connectivity index (χ2v) is 9.60. The molecule has 0 saturated carbocycles. The van der Waals surface area contributed by atoms with Crippen molar-refractivity contribution in [3.05, 3.63) is 103 Å². The molecule has 5 N–H and O–H groups in total. The molecule has 0 aliphatic carbocycles. The Hall–Kier alpha value is -4.98. The van der Waals surface area contributed by atoms with Gasteiger partial charge in [-0.05, 0) is 47.4 Å². The number of nitrogens with two attached hydrogens (primary N) is 1. The molecule has 0 heterocycles. The molecule has 0 aliphatic rings. The van der Waals surface area contributed by atoms with E-state index in [2.05, 4.69) is 10.6 Å². The molecule has 8 heteroatoms. The van der Waals surface area contributed by atoms with Gasteiger partial charge in [0, 0.05) is 10.8 Å². The first-order chi connectivity index (χ1) is 18.7. The number of carbonyl (C=O) groups excluding carboxylic acids is 2. The number of rotatable bonds is 8. The summed E-state index contributed by atoms with van der Waals surface area (Å²) in [7, 11) is 1.45. The van der Waals surface area contributed by atoms with Gasteiger partial charge in [-0.3, -0.25) is 10.1 Å². The highest BCUT2D eigenvalue weighted by atomic mass is 16.6. The van der Waals surface area contributed by atoms with Crippen molar-refractivity contribution in [2.24, 2.45) is 5.41 Å². The van der Waals surface area contributed by atoms with E-state index in [1.165, 1.54) is 19.3 Å². The molecule has 4 aromatic rings. The van der Waals surface area contributed by atoms with Gasteiger partial charge in [0.2, 0.25) is 5.91 Å². The fourth-order valence-corrected chi connectivity index (χ4v) is 4.26. The van der Waals surface area contributed by atoms with Gasteiger partial charge in [-0.25, -0.2) is 4.79 Å². The van der Waals surface area contributed by atoms with Crippen LogP contribution in [0.1, 0.15) is 25.5 Å². The van der Waals surface area contributed by atoms with Crippen molar-refractivity contribution in [2.45, 2.75) is 20.0 Å². The molecule has 0 aromatic heterocycles. The number of para-hydroxylation sites is 2. The van der Waals surface area contributed by atoms with Crippen LogP contribution in [0.2, 0.25) is 0 Å². The third-order valence-corrected chi connectivity index (χ3v) is 6.32. The maximum Gasteiger partial charge on any atom is 0.412 e. The number of benzene rings is 4. The fourth-order valence-electron chi connectivity index (χ4n) is 4.26. The van der Waals surface area contributed by atoms with Gasteiger partial charge < -0.3 is 25.6 Å². The first kappa shape index (κ1) is 27.1. The van der Waals surface area contributed by atoms with Crippen molar-refractivity contribution in [1.82, 2.24) is 0 Å². The monoisotopic (exact) mass is 525 g/mol. The molecule has 8 nitrogen and oxygen atoms in total. The van der Waals surface area contributed by atoms with E-state index in [1.807, 2.05) is 50.2 Å². The van der Waals surface area contributed by atoms with Gasteiger partial charge in [0.25, 0.3) is 0 Å². The molecule has 0 radical (unpaired) electrons. The molecule has 2 amide bonds. The molecule has 0 bridgehead atoms. The zero-order chi connectivity index (χ0) is 28.0. The summed E-state index contributed by atoms with van der Waals surface area (Å²) in [6.07, 6.45) is 1.46. The molecule has 0 fully saturated rings. The van der Waals surface area contributed by atoms with E-state index in [-0.39, 0.29) is 11.5 Å². The molecule has 0 unspecified atom stereocenters. The quantitative estimate of drug-likeness (QED) is 0.151. The van der Waals surface area contributed by atoms with Gasteiger partial charge in [-0.15, -0.1) is 0 Å². The van der Waals surface area contributed by atoms with Crippen molar-refractivity contribution in [1.29, 1.82) is 0 Å². The van der Waals surface area contributed by atoms with Crippen molar-refractivity contribution < 1.29 is 24.2 Å². The number of nitrogen functional groups attached to an aromatic ring is 1. The molecule has 4 rings (SSSR count). The Bertz CT molecular complexity index is 1520. The normalized spacial score (nSPS) is 12.2. The van der Waals surface area contributed by atoms with Crippen molar-refractivity contribution >= 4 is 39.8 Å². The summed E-state index contributed by atoms with van der Waals surface area (Å²) in [6, 6.07) is 25.0. The van der Waals surface area contributed by atoms with E-state index >= 15 is 0 Å². The standard InChI is InChI=1S/C31H31N3O5/c1-31(2,18-17-28(36)33-25-13-7-6-12-23(25)32)29(21-15-16-27(38-3)26(35)19-21)39-30(37)34-24-14-8-10-20-9-4-5-11-22(20)24/h4-19,29,35H,32H2,1-3H3,(H,33,36)(H,34,37)/b18-17+/t29-/m0/s1. The third-order valence-electron chi connectivity index (χ3n) is 6.32. The summed E-state index contributed by atoms with van der Waals surface area (Å²) in [4.78, 5) is 25.8. The lowest BCUT2D eigenvalue weighted by Crippen LogP contribution is -2.28. The van der Waals surface area contributed by atoms with Gasteiger partial charge in [0.05, 0.1) is 24.2 Å². The van der Waals surface area contributed by atoms with Crippen molar-refractivity contribution in [3.63, 3.8) is 0 Å². The Morgan fingerprint density at radius 1 is 0.923 bits per heavy atom. The minimum atomic E-state index is -0.880. The second-order valence-electron chi connectivity index (χ2n) is 9.60. The highest BCUT2D eigenvalue weighted by molar-refractivity contribution is 6.01. The molecular formula is C31H31N3O5. The first-order valence-electron chi connectivity index (χ1n) is 12.3. The molecule has 4 aromatic carbocycles. The number of carbonyl (C=O) groups is 2. The Morgan fingerprint density at radius 3 is 2.36 bits per heavy atom. The number of hydrogen-bond donors (Lipinski definition) is 4. The molecule has 1 atom stereocenters. The van der Waals surface area contributed by atoms with Crippen LogP contribution in [0, 0.1) is 5.41 Å². The van der Waals surface area contributed by atoms with Crippen LogP contribution in [0.5, 0.6) is 11.5 Å². The zero-order valence-corrected chi connectivity index (χ0v) is 22.0. The number of nitrogens with one attached hydrogen (secondary N) is 2. The summed E-state index contributed by atoms with van der Waals surface area (Å²) in [5, 5.41) is 17.8. The number of ether oxygens (including phenoxy) is 2. The molecule has 0 saturated heterocycles. The van der Waals surface area contributed by atoms with Crippen molar-refractivity contribution in [2.75, 3.05) is 23.5 Å². The van der Waals surface area contributed by atoms with E-state index in [9.17, 15) is 14.7 Å². The Labute approximate surface area is 227 Å². The predicted octanol–water partition coefficient (Wildman–Crippen LogP) is 6.65. The number of aromatic hydroxyl groups is 1. The maximum atomic E-state index is 13.2. The number of hydrogen-bond acceptors (Lipinski definition) is 6. The topological polar surface area (TPSA) is 123 Å². The number of amides is 2. The van der Waals surface area contributed by atoms with Crippen LogP contribution >= 0.6 is 0 Å². The van der Waals surface area contributed by atoms with Gasteiger partial charge >= 0.3 is 6.09 Å². The van der Waals surface area contributed by atoms with Gasteiger partial charge in [0.15, 0.2) is 11.5 Å². The Kier molecular flexibility index (Phi) is 8.05. The lowest BCUT2D eigenvalue weighted by atomic mass is 9.82. The largest absolute Gasteiger partial charge is 0.504 e. The average Bonchev–Trinajstić information content (AvgIpc) is 2.92. The molecular weight excluding hydrogens is 494 g/mol. The van der Waals surface area contributed by atoms with Crippen molar-refractivity contribution in [3.8, 4) is 11.5 Å². The molecule has 200 valence electrons. The summed E-state index contributed by atoms with van der Waals surface area (Å²) in [5.41, 5.74) is 7.10. The highest BCUT2D eigenvalue weighted by Gasteiger charge is 2.33. The molecule has 39 heavy (non-hydrogen) atoms. The third kappa shape index (κ3) is 6.48.